The van der Waals surface area contributed by atoms with E-state index in [0.29, 0.717) is 5.02 Å². The van der Waals surface area contributed by atoms with Gasteiger partial charge in [-0.05, 0) is 35.9 Å². The minimum Gasteiger partial charge on any atom is -0.273 e. The molecule has 23 heavy (non-hydrogen) atoms. The van der Waals surface area contributed by atoms with Gasteiger partial charge in [-0.1, -0.05) is 29.8 Å². The zero-order chi connectivity index (χ0) is 16.7. The van der Waals surface area contributed by atoms with Crippen molar-refractivity contribution in [3.05, 3.63) is 64.9 Å². The number of benzene rings is 2. The molecule has 0 saturated heterocycles. The van der Waals surface area contributed by atoms with E-state index in [4.69, 9.17) is 11.6 Å². The normalized spacial score (nSPS) is 10.2. The van der Waals surface area contributed by atoms with Crippen LogP contribution in [0.5, 0.6) is 0 Å². The fraction of sp³-hybridized carbons (Fsp3) is 0.125. The van der Waals surface area contributed by atoms with Crippen molar-refractivity contribution >= 4 is 35.2 Å². The van der Waals surface area contributed by atoms with Crippen molar-refractivity contribution in [1.82, 2.24) is 10.9 Å². The van der Waals surface area contributed by atoms with Gasteiger partial charge in [-0.3, -0.25) is 20.4 Å². The first-order valence-corrected chi connectivity index (χ1v) is 8.10. The second-order valence-electron chi connectivity index (χ2n) is 4.61. The number of nitrogens with one attached hydrogen (secondary N) is 2. The number of thioether (sulfide) groups is 1. The van der Waals surface area contributed by atoms with Gasteiger partial charge in [-0.2, -0.15) is 0 Å². The van der Waals surface area contributed by atoms with Gasteiger partial charge in [0.1, 0.15) is 5.82 Å². The van der Waals surface area contributed by atoms with E-state index in [-0.39, 0.29) is 23.6 Å². The molecule has 0 saturated carbocycles. The molecule has 0 bridgehead atoms. The number of rotatable bonds is 5. The van der Waals surface area contributed by atoms with E-state index in [1.54, 1.807) is 36.4 Å². The van der Waals surface area contributed by atoms with Gasteiger partial charge in [-0.25, -0.2) is 4.39 Å². The third-order valence-electron chi connectivity index (χ3n) is 2.83. The van der Waals surface area contributed by atoms with E-state index >= 15 is 0 Å². The molecule has 0 fully saturated rings. The number of hydrogen-bond acceptors (Lipinski definition) is 3. The van der Waals surface area contributed by atoms with Crippen molar-refractivity contribution in [1.29, 1.82) is 0 Å². The Bertz CT molecular complexity index is 695. The van der Waals surface area contributed by atoms with Crippen molar-refractivity contribution in [3.8, 4) is 0 Å². The van der Waals surface area contributed by atoms with Gasteiger partial charge in [0, 0.05) is 9.92 Å². The highest BCUT2D eigenvalue weighted by atomic mass is 35.5. The molecule has 0 aliphatic rings. The molecule has 2 rings (SSSR count). The highest BCUT2D eigenvalue weighted by Crippen LogP contribution is 2.19. The van der Waals surface area contributed by atoms with Gasteiger partial charge in [0.2, 0.25) is 11.8 Å². The Kier molecular flexibility index (Phi) is 6.43. The standard InChI is InChI=1S/C16H14ClFN2O2S/c17-12-5-7-13(8-6-12)23-10-16(22)20-19-15(21)9-11-3-1-2-4-14(11)18/h1-8H,9-10H2,(H,19,21)(H,20,22). The summed E-state index contributed by atoms with van der Waals surface area (Å²) < 4.78 is 13.4. The lowest BCUT2D eigenvalue weighted by molar-refractivity contribution is -0.127. The van der Waals surface area contributed by atoms with Crippen LogP contribution in [0.3, 0.4) is 0 Å². The van der Waals surface area contributed by atoms with Crippen LogP contribution in [0.15, 0.2) is 53.4 Å². The van der Waals surface area contributed by atoms with Gasteiger partial charge in [0.15, 0.2) is 0 Å². The largest absolute Gasteiger partial charge is 0.273 e. The maximum Gasteiger partial charge on any atom is 0.248 e. The first kappa shape index (κ1) is 17.3. The molecule has 2 amide bonds. The zero-order valence-corrected chi connectivity index (χ0v) is 13.6. The highest BCUT2D eigenvalue weighted by Gasteiger charge is 2.09. The topological polar surface area (TPSA) is 58.2 Å². The molecule has 2 aromatic carbocycles. The summed E-state index contributed by atoms with van der Waals surface area (Å²) in [5.74, 6) is -1.15. The second kappa shape index (κ2) is 8.55. The molecule has 0 radical (unpaired) electrons. The van der Waals surface area contributed by atoms with E-state index in [1.165, 1.54) is 23.9 Å². The van der Waals surface area contributed by atoms with Gasteiger partial charge in [0.05, 0.1) is 12.2 Å². The average Bonchev–Trinajstić information content (AvgIpc) is 2.54. The Labute approximate surface area is 142 Å². The number of carbonyl (C=O) groups excluding carboxylic acids is 2. The van der Waals surface area contributed by atoms with Crippen LogP contribution in [0, 0.1) is 5.82 Å². The number of hydrogen-bond donors (Lipinski definition) is 2. The van der Waals surface area contributed by atoms with Crippen molar-refractivity contribution in [2.24, 2.45) is 0 Å². The van der Waals surface area contributed by atoms with Gasteiger partial charge >= 0.3 is 0 Å². The highest BCUT2D eigenvalue weighted by molar-refractivity contribution is 8.00. The Morgan fingerprint density at radius 2 is 1.65 bits per heavy atom. The Hall–Kier alpha value is -2.05. The summed E-state index contributed by atoms with van der Waals surface area (Å²) in [6, 6.07) is 13.1. The minimum absolute atomic E-state index is 0.140. The molecule has 4 nitrogen and oxygen atoms in total. The Morgan fingerprint density at radius 3 is 2.35 bits per heavy atom. The van der Waals surface area contributed by atoms with E-state index in [1.807, 2.05) is 0 Å². The predicted molar refractivity (Wildman–Crippen MR) is 88.6 cm³/mol. The second-order valence-corrected chi connectivity index (χ2v) is 6.09. The van der Waals surface area contributed by atoms with Gasteiger partial charge < -0.3 is 0 Å². The van der Waals surface area contributed by atoms with Crippen molar-refractivity contribution in [3.63, 3.8) is 0 Å². The van der Waals surface area contributed by atoms with E-state index in [9.17, 15) is 14.0 Å². The summed E-state index contributed by atoms with van der Waals surface area (Å²) in [4.78, 5) is 24.2. The molecule has 0 aliphatic carbocycles. The lowest BCUT2D eigenvalue weighted by atomic mass is 10.1. The van der Waals surface area contributed by atoms with Gasteiger partial charge in [0.25, 0.3) is 0 Å². The molecule has 0 atom stereocenters. The number of hydrazine groups is 1. The van der Waals surface area contributed by atoms with E-state index in [0.717, 1.165) is 4.90 Å². The number of halogens is 2. The third kappa shape index (κ3) is 5.92. The van der Waals surface area contributed by atoms with E-state index < -0.39 is 11.7 Å². The van der Waals surface area contributed by atoms with Crippen LogP contribution in [-0.2, 0) is 16.0 Å². The van der Waals surface area contributed by atoms with Crippen molar-refractivity contribution in [2.75, 3.05) is 5.75 Å². The predicted octanol–water partition coefficient (Wildman–Crippen LogP) is 2.96. The molecule has 7 heteroatoms. The van der Waals surface area contributed by atoms with Crippen LogP contribution in [-0.4, -0.2) is 17.6 Å². The van der Waals surface area contributed by atoms with Crippen LogP contribution in [0.1, 0.15) is 5.56 Å². The van der Waals surface area contributed by atoms with Crippen molar-refractivity contribution in [2.45, 2.75) is 11.3 Å². The van der Waals surface area contributed by atoms with E-state index in [2.05, 4.69) is 10.9 Å². The van der Waals surface area contributed by atoms with Crippen LogP contribution in [0.4, 0.5) is 4.39 Å². The molecule has 0 unspecified atom stereocenters. The molecule has 0 aromatic heterocycles. The van der Waals surface area contributed by atoms with Crippen molar-refractivity contribution < 1.29 is 14.0 Å². The third-order valence-corrected chi connectivity index (χ3v) is 4.10. The van der Waals surface area contributed by atoms with Gasteiger partial charge in [-0.15, -0.1) is 11.8 Å². The first-order chi connectivity index (χ1) is 11.0. The van der Waals surface area contributed by atoms with Crippen LogP contribution in [0.2, 0.25) is 5.02 Å². The smallest absolute Gasteiger partial charge is 0.248 e. The maximum atomic E-state index is 13.4. The summed E-state index contributed by atoms with van der Waals surface area (Å²) in [5.41, 5.74) is 4.83. The lowest BCUT2D eigenvalue weighted by Crippen LogP contribution is -2.43. The monoisotopic (exact) mass is 352 g/mol. The lowest BCUT2D eigenvalue weighted by Gasteiger charge is -2.08. The summed E-state index contributed by atoms with van der Waals surface area (Å²) in [6.07, 6.45) is -0.142. The fourth-order valence-corrected chi connectivity index (χ4v) is 2.54. The minimum atomic E-state index is -0.486. The number of carbonyl (C=O) groups is 2. The molecule has 0 heterocycles. The fourth-order valence-electron chi connectivity index (χ4n) is 1.71. The molecule has 120 valence electrons. The summed E-state index contributed by atoms with van der Waals surface area (Å²) >= 11 is 7.09. The zero-order valence-electron chi connectivity index (χ0n) is 12.0. The molecule has 2 N–H and O–H groups in total. The summed E-state index contributed by atoms with van der Waals surface area (Å²) in [5, 5.41) is 0.624. The SMILES string of the molecule is O=C(CSc1ccc(Cl)cc1)NNC(=O)Cc1ccccc1F. The van der Waals surface area contributed by atoms with Crippen LogP contribution >= 0.6 is 23.4 Å². The quantitative estimate of drug-likeness (QED) is 0.642. The summed E-state index contributed by atoms with van der Waals surface area (Å²) in [7, 11) is 0. The Balaban J connectivity index is 1.72. The molecular weight excluding hydrogens is 339 g/mol. The Morgan fingerprint density at radius 1 is 1.00 bits per heavy atom. The van der Waals surface area contributed by atoms with Crippen LogP contribution in [0.25, 0.3) is 0 Å². The first-order valence-electron chi connectivity index (χ1n) is 6.74. The maximum absolute atomic E-state index is 13.4. The molecule has 2 aromatic rings. The summed E-state index contributed by atoms with van der Waals surface area (Å²) in [6.45, 7) is 0. The van der Waals surface area contributed by atoms with Crippen LogP contribution < -0.4 is 10.9 Å². The molecule has 0 aliphatic heterocycles. The number of amides is 2. The molecule has 0 spiro atoms. The average molecular weight is 353 g/mol. The molecular formula is C16H14ClFN2O2S.